The molecule has 2 aliphatic rings. The van der Waals surface area contributed by atoms with Gasteiger partial charge in [-0.15, -0.1) is 0 Å². The van der Waals surface area contributed by atoms with Crippen molar-refractivity contribution in [1.29, 1.82) is 0 Å². The van der Waals surface area contributed by atoms with Gasteiger partial charge in [0.15, 0.2) is 0 Å². The van der Waals surface area contributed by atoms with E-state index < -0.39 is 0 Å². The summed E-state index contributed by atoms with van der Waals surface area (Å²) in [5.74, 6) is 0.768. The molecule has 0 bridgehead atoms. The molecule has 0 spiro atoms. The zero-order valence-electron chi connectivity index (χ0n) is 12.8. The van der Waals surface area contributed by atoms with Crippen LogP contribution < -0.4 is 5.32 Å². The van der Waals surface area contributed by atoms with Gasteiger partial charge in [-0.25, -0.2) is 0 Å². The van der Waals surface area contributed by atoms with Crippen molar-refractivity contribution in [3.63, 3.8) is 0 Å². The Morgan fingerprint density at radius 3 is 2.44 bits per heavy atom. The molecule has 0 aromatic heterocycles. The van der Waals surface area contributed by atoms with Gasteiger partial charge in [0.2, 0.25) is 0 Å². The van der Waals surface area contributed by atoms with Gasteiger partial charge in [0.05, 0.1) is 0 Å². The van der Waals surface area contributed by atoms with E-state index in [-0.39, 0.29) is 0 Å². The van der Waals surface area contributed by atoms with Crippen molar-refractivity contribution in [2.45, 2.75) is 71.9 Å². The molecular formula is C16H32N2. The molecule has 1 aliphatic carbocycles. The fourth-order valence-corrected chi connectivity index (χ4v) is 3.74. The summed E-state index contributed by atoms with van der Waals surface area (Å²) in [7, 11) is 0. The average Bonchev–Trinajstić information content (AvgIpc) is 2.33. The van der Waals surface area contributed by atoms with Gasteiger partial charge in [-0.05, 0) is 37.0 Å². The van der Waals surface area contributed by atoms with Crippen molar-refractivity contribution in [1.82, 2.24) is 10.2 Å². The molecule has 2 atom stereocenters. The molecule has 0 amide bonds. The van der Waals surface area contributed by atoms with Gasteiger partial charge >= 0.3 is 0 Å². The SMILES string of the molecule is CCC1CN(CC2(CC)CCC2)C(C(C)C)CN1. The van der Waals surface area contributed by atoms with Crippen LogP contribution in [0.3, 0.4) is 0 Å². The highest BCUT2D eigenvalue weighted by molar-refractivity contribution is 4.95. The van der Waals surface area contributed by atoms with Gasteiger partial charge in [0.1, 0.15) is 0 Å². The van der Waals surface area contributed by atoms with Crippen molar-refractivity contribution in [2.24, 2.45) is 11.3 Å². The Bertz CT molecular complexity index is 252. The maximum atomic E-state index is 3.73. The summed E-state index contributed by atoms with van der Waals surface area (Å²) < 4.78 is 0. The molecule has 0 aromatic rings. The monoisotopic (exact) mass is 252 g/mol. The number of hydrogen-bond donors (Lipinski definition) is 1. The molecule has 106 valence electrons. The molecule has 1 heterocycles. The van der Waals surface area contributed by atoms with E-state index in [2.05, 4.69) is 37.9 Å². The van der Waals surface area contributed by atoms with Crippen LogP contribution in [0, 0.1) is 11.3 Å². The first-order chi connectivity index (χ1) is 8.60. The second kappa shape index (κ2) is 5.92. The summed E-state index contributed by atoms with van der Waals surface area (Å²) in [6.45, 7) is 13.3. The number of nitrogens with one attached hydrogen (secondary N) is 1. The van der Waals surface area contributed by atoms with Crippen LogP contribution in [0.2, 0.25) is 0 Å². The zero-order chi connectivity index (χ0) is 13.2. The summed E-state index contributed by atoms with van der Waals surface area (Å²) in [6, 6.07) is 1.46. The fraction of sp³-hybridized carbons (Fsp3) is 1.00. The highest BCUT2D eigenvalue weighted by Gasteiger charge is 2.40. The molecule has 0 aromatic carbocycles. The van der Waals surface area contributed by atoms with Gasteiger partial charge in [0.25, 0.3) is 0 Å². The van der Waals surface area contributed by atoms with Crippen LogP contribution in [-0.2, 0) is 0 Å². The Morgan fingerprint density at radius 2 is 2.00 bits per heavy atom. The summed E-state index contributed by atoms with van der Waals surface area (Å²) in [5, 5.41) is 3.73. The molecule has 2 unspecified atom stereocenters. The third kappa shape index (κ3) is 2.91. The van der Waals surface area contributed by atoms with Crippen LogP contribution in [0.5, 0.6) is 0 Å². The minimum absolute atomic E-state index is 0.669. The molecule has 2 heteroatoms. The van der Waals surface area contributed by atoms with Crippen LogP contribution in [-0.4, -0.2) is 36.6 Å². The fourth-order valence-electron chi connectivity index (χ4n) is 3.74. The maximum Gasteiger partial charge on any atom is 0.0244 e. The standard InChI is InChI=1S/C16H32N2/c1-5-14-11-18(15(10-17-14)13(3)4)12-16(6-2)8-7-9-16/h13-15,17H,5-12H2,1-4H3. The second-order valence-corrected chi connectivity index (χ2v) is 6.96. The van der Waals surface area contributed by atoms with Gasteiger partial charge in [-0.3, -0.25) is 4.90 Å². The van der Waals surface area contributed by atoms with Gasteiger partial charge in [0, 0.05) is 31.7 Å². The first kappa shape index (κ1) is 14.3. The van der Waals surface area contributed by atoms with Crippen LogP contribution >= 0.6 is 0 Å². The van der Waals surface area contributed by atoms with E-state index in [0.717, 1.165) is 12.0 Å². The van der Waals surface area contributed by atoms with E-state index in [1.807, 2.05) is 0 Å². The minimum Gasteiger partial charge on any atom is -0.311 e. The molecule has 1 saturated carbocycles. The molecule has 1 N–H and O–H groups in total. The molecule has 2 nitrogen and oxygen atoms in total. The summed E-state index contributed by atoms with van der Waals surface area (Å²) in [5.41, 5.74) is 0.669. The molecule has 1 saturated heterocycles. The first-order valence-corrected chi connectivity index (χ1v) is 8.07. The molecule has 0 radical (unpaired) electrons. The Kier molecular flexibility index (Phi) is 4.71. The topological polar surface area (TPSA) is 15.3 Å². The molecule has 2 fully saturated rings. The van der Waals surface area contributed by atoms with Crippen molar-refractivity contribution in [2.75, 3.05) is 19.6 Å². The average molecular weight is 252 g/mol. The van der Waals surface area contributed by atoms with Crippen molar-refractivity contribution < 1.29 is 0 Å². The van der Waals surface area contributed by atoms with E-state index in [1.54, 1.807) is 0 Å². The van der Waals surface area contributed by atoms with Crippen molar-refractivity contribution in [3.8, 4) is 0 Å². The third-order valence-electron chi connectivity index (χ3n) is 5.50. The number of rotatable bonds is 5. The second-order valence-electron chi connectivity index (χ2n) is 6.96. The van der Waals surface area contributed by atoms with Crippen molar-refractivity contribution in [3.05, 3.63) is 0 Å². The molecule has 1 aliphatic heterocycles. The molecule has 18 heavy (non-hydrogen) atoms. The van der Waals surface area contributed by atoms with Gasteiger partial charge in [-0.1, -0.05) is 34.1 Å². The van der Waals surface area contributed by atoms with E-state index in [1.165, 1.54) is 51.7 Å². The van der Waals surface area contributed by atoms with E-state index in [0.29, 0.717) is 11.5 Å². The lowest BCUT2D eigenvalue weighted by molar-refractivity contribution is 0.00770. The quantitative estimate of drug-likeness (QED) is 0.808. The summed E-state index contributed by atoms with van der Waals surface area (Å²) in [6.07, 6.45) is 7.03. The summed E-state index contributed by atoms with van der Waals surface area (Å²) >= 11 is 0. The predicted octanol–water partition coefficient (Wildman–Crippen LogP) is 3.28. The molecule has 2 rings (SSSR count). The lowest BCUT2D eigenvalue weighted by Crippen LogP contribution is -2.60. The smallest absolute Gasteiger partial charge is 0.0244 e. The van der Waals surface area contributed by atoms with Crippen LogP contribution in [0.4, 0.5) is 0 Å². The Morgan fingerprint density at radius 1 is 1.28 bits per heavy atom. The largest absolute Gasteiger partial charge is 0.311 e. The third-order valence-corrected chi connectivity index (χ3v) is 5.50. The van der Waals surface area contributed by atoms with Crippen LogP contribution in [0.15, 0.2) is 0 Å². The normalized spacial score (nSPS) is 32.5. The highest BCUT2D eigenvalue weighted by atomic mass is 15.2. The van der Waals surface area contributed by atoms with Crippen LogP contribution in [0.25, 0.3) is 0 Å². The zero-order valence-corrected chi connectivity index (χ0v) is 12.8. The number of nitrogens with zero attached hydrogens (tertiary/aromatic N) is 1. The van der Waals surface area contributed by atoms with E-state index >= 15 is 0 Å². The highest BCUT2D eigenvalue weighted by Crippen LogP contribution is 2.45. The van der Waals surface area contributed by atoms with E-state index in [9.17, 15) is 0 Å². The lowest BCUT2D eigenvalue weighted by Gasteiger charge is -2.50. The van der Waals surface area contributed by atoms with Crippen LogP contribution in [0.1, 0.15) is 59.8 Å². The van der Waals surface area contributed by atoms with E-state index in [4.69, 9.17) is 0 Å². The first-order valence-electron chi connectivity index (χ1n) is 8.07. The maximum absolute atomic E-state index is 3.73. The van der Waals surface area contributed by atoms with Crippen molar-refractivity contribution >= 4 is 0 Å². The number of piperazine rings is 1. The Hall–Kier alpha value is -0.0800. The number of hydrogen-bond acceptors (Lipinski definition) is 2. The minimum atomic E-state index is 0.669. The molecular weight excluding hydrogens is 220 g/mol. The predicted molar refractivity (Wildman–Crippen MR) is 78.9 cm³/mol. The Balaban J connectivity index is 2.00. The lowest BCUT2D eigenvalue weighted by atomic mass is 9.66. The summed E-state index contributed by atoms with van der Waals surface area (Å²) in [4.78, 5) is 2.82. The Labute approximate surface area is 114 Å². The van der Waals surface area contributed by atoms with Gasteiger partial charge < -0.3 is 5.32 Å². The van der Waals surface area contributed by atoms with Gasteiger partial charge in [-0.2, -0.15) is 0 Å².